The van der Waals surface area contributed by atoms with Crippen LogP contribution in [0.2, 0.25) is 0 Å². The average molecular weight is 296 g/mol. The molecule has 1 atom stereocenters. The number of nitrogens with zero attached hydrogens (tertiary/aromatic N) is 1. The van der Waals surface area contributed by atoms with Crippen molar-refractivity contribution >= 4 is 5.91 Å². The Kier molecular flexibility index (Phi) is 6.98. The topological polar surface area (TPSA) is 60.0 Å². The highest BCUT2D eigenvalue weighted by Crippen LogP contribution is 2.28. The Labute approximate surface area is 125 Å². The van der Waals surface area contributed by atoms with Gasteiger partial charge in [0.1, 0.15) is 0 Å². The van der Waals surface area contributed by atoms with Gasteiger partial charge in [-0.05, 0) is 37.6 Å². The van der Waals surface area contributed by atoms with E-state index < -0.39 is 0 Å². The maximum absolute atomic E-state index is 12.0. The summed E-state index contributed by atoms with van der Waals surface area (Å²) in [4.78, 5) is 17.0. The summed E-state index contributed by atoms with van der Waals surface area (Å²) in [5, 5.41) is 4.24. The highest BCUT2D eigenvalue weighted by atomic mass is 16.7. The minimum absolute atomic E-state index is 0.0968. The van der Waals surface area contributed by atoms with Crippen molar-refractivity contribution in [3.05, 3.63) is 23.8 Å². The number of carbonyl (C=O) groups excluding carboxylic acids is 1. The van der Waals surface area contributed by atoms with Gasteiger partial charge in [0.05, 0.1) is 27.4 Å². The number of nitrogens with one attached hydrogen (secondary N) is 1. The van der Waals surface area contributed by atoms with Crippen LogP contribution in [-0.4, -0.2) is 52.4 Å². The molecule has 0 aliphatic rings. The normalized spacial score (nSPS) is 11.9. The van der Waals surface area contributed by atoms with E-state index in [0.29, 0.717) is 17.9 Å². The molecule has 0 fully saturated rings. The molecule has 1 aromatic rings. The Morgan fingerprint density at radius 3 is 2.43 bits per heavy atom. The highest BCUT2D eigenvalue weighted by Gasteiger charge is 2.20. The molecule has 6 heteroatoms. The van der Waals surface area contributed by atoms with E-state index in [0.717, 1.165) is 12.0 Å². The molecule has 0 saturated heterocycles. The zero-order chi connectivity index (χ0) is 15.8. The fourth-order valence-corrected chi connectivity index (χ4v) is 2.05. The molecule has 0 spiro atoms. The van der Waals surface area contributed by atoms with E-state index in [4.69, 9.17) is 14.3 Å². The van der Waals surface area contributed by atoms with Crippen LogP contribution >= 0.6 is 0 Å². The number of hydrogen-bond acceptors (Lipinski definition) is 5. The van der Waals surface area contributed by atoms with Crippen LogP contribution in [0.5, 0.6) is 11.5 Å². The molecule has 1 aromatic carbocycles. The number of aryl methyl sites for hydroxylation is 1. The first-order valence-electron chi connectivity index (χ1n) is 6.77. The second kappa shape index (κ2) is 8.49. The van der Waals surface area contributed by atoms with E-state index in [9.17, 15) is 4.79 Å². The molecular weight excluding hydrogens is 272 g/mol. The number of methoxy groups -OCH3 is 2. The van der Waals surface area contributed by atoms with Crippen molar-refractivity contribution in [1.82, 2.24) is 10.4 Å². The Bertz CT molecular complexity index is 465. The lowest BCUT2D eigenvalue weighted by Gasteiger charge is -2.21. The number of amides is 1. The van der Waals surface area contributed by atoms with Crippen LogP contribution in [0.25, 0.3) is 0 Å². The van der Waals surface area contributed by atoms with E-state index in [-0.39, 0.29) is 11.9 Å². The fraction of sp³-hybridized carbons (Fsp3) is 0.533. The molecule has 0 radical (unpaired) electrons. The third-order valence-electron chi connectivity index (χ3n) is 3.40. The van der Waals surface area contributed by atoms with Gasteiger partial charge in [-0.2, -0.15) is 0 Å². The van der Waals surface area contributed by atoms with Gasteiger partial charge in [-0.15, -0.1) is 0 Å². The van der Waals surface area contributed by atoms with Crippen molar-refractivity contribution < 1.29 is 19.1 Å². The fourth-order valence-electron chi connectivity index (χ4n) is 2.05. The van der Waals surface area contributed by atoms with Crippen LogP contribution in [-0.2, 0) is 16.1 Å². The van der Waals surface area contributed by atoms with Crippen LogP contribution in [0.4, 0.5) is 0 Å². The van der Waals surface area contributed by atoms with Crippen molar-refractivity contribution in [3.63, 3.8) is 0 Å². The number of hydroxylamine groups is 2. The van der Waals surface area contributed by atoms with Gasteiger partial charge < -0.3 is 14.8 Å². The van der Waals surface area contributed by atoms with Crippen molar-refractivity contribution in [2.45, 2.75) is 18.9 Å². The first-order valence-corrected chi connectivity index (χ1v) is 6.77. The molecule has 0 bridgehead atoms. The van der Waals surface area contributed by atoms with Crippen molar-refractivity contribution in [1.29, 1.82) is 0 Å². The molecule has 118 valence electrons. The van der Waals surface area contributed by atoms with Crippen LogP contribution < -0.4 is 14.8 Å². The average Bonchev–Trinajstić information content (AvgIpc) is 2.53. The Morgan fingerprint density at radius 2 is 1.90 bits per heavy atom. The van der Waals surface area contributed by atoms with E-state index in [2.05, 4.69) is 5.32 Å². The highest BCUT2D eigenvalue weighted by molar-refractivity contribution is 5.80. The maximum Gasteiger partial charge on any atom is 0.262 e. The molecule has 0 aliphatic heterocycles. The molecule has 1 amide bonds. The second-order valence-electron chi connectivity index (χ2n) is 4.59. The number of carbonyl (C=O) groups is 1. The minimum Gasteiger partial charge on any atom is -0.493 e. The molecular formula is C15H24N2O4. The van der Waals surface area contributed by atoms with Gasteiger partial charge in [-0.25, -0.2) is 5.06 Å². The van der Waals surface area contributed by atoms with Gasteiger partial charge in [-0.1, -0.05) is 6.07 Å². The Hall–Kier alpha value is -1.79. The number of likely N-dealkylation sites (N-methyl/N-ethyl adjacent to an activating group) is 2. The Balaban J connectivity index is 2.71. The zero-order valence-electron chi connectivity index (χ0n) is 13.3. The summed E-state index contributed by atoms with van der Waals surface area (Å²) in [7, 11) is 8.05. The van der Waals surface area contributed by atoms with Crippen LogP contribution in [0.1, 0.15) is 12.0 Å². The van der Waals surface area contributed by atoms with E-state index >= 15 is 0 Å². The third kappa shape index (κ3) is 4.61. The van der Waals surface area contributed by atoms with E-state index in [1.807, 2.05) is 18.2 Å². The molecule has 0 heterocycles. The summed E-state index contributed by atoms with van der Waals surface area (Å²) in [6, 6.07) is 5.48. The van der Waals surface area contributed by atoms with Gasteiger partial charge in [0.2, 0.25) is 0 Å². The predicted octanol–water partition coefficient (Wildman–Crippen LogP) is 1.24. The second-order valence-corrected chi connectivity index (χ2v) is 4.59. The summed E-state index contributed by atoms with van der Waals surface area (Å²) in [6.45, 7) is 0. The summed E-state index contributed by atoms with van der Waals surface area (Å²) in [5.74, 6) is 1.29. The van der Waals surface area contributed by atoms with Crippen molar-refractivity contribution in [3.8, 4) is 11.5 Å². The predicted molar refractivity (Wildman–Crippen MR) is 80.5 cm³/mol. The molecule has 0 aromatic heterocycles. The summed E-state index contributed by atoms with van der Waals surface area (Å²) < 4.78 is 10.5. The van der Waals surface area contributed by atoms with Gasteiger partial charge in [0, 0.05) is 7.05 Å². The molecule has 0 saturated carbocycles. The summed E-state index contributed by atoms with van der Waals surface area (Å²) in [5.41, 5.74) is 1.08. The largest absolute Gasteiger partial charge is 0.493 e. The number of ether oxygens (including phenoxy) is 2. The zero-order valence-corrected chi connectivity index (χ0v) is 13.3. The number of hydrogen-bond donors (Lipinski definition) is 1. The number of rotatable bonds is 8. The lowest BCUT2D eigenvalue weighted by atomic mass is 10.0. The first-order chi connectivity index (χ1) is 10.1. The molecule has 0 aliphatic carbocycles. The lowest BCUT2D eigenvalue weighted by molar-refractivity contribution is -0.171. The summed E-state index contributed by atoms with van der Waals surface area (Å²) >= 11 is 0. The quantitative estimate of drug-likeness (QED) is 0.732. The third-order valence-corrected chi connectivity index (χ3v) is 3.40. The molecule has 1 unspecified atom stereocenters. The van der Waals surface area contributed by atoms with Crippen LogP contribution in [0.15, 0.2) is 18.2 Å². The SMILES string of the molecule is CNC(CCc1ccc(OC)c(OC)c1)C(=O)N(C)OC. The number of benzene rings is 1. The standard InChI is InChI=1S/C15H24N2O4/c1-16-12(15(18)17(2)21-5)8-6-11-7-9-13(19-3)14(10-11)20-4/h7,9-10,12,16H,6,8H2,1-5H3. The monoisotopic (exact) mass is 296 g/mol. The molecule has 1 rings (SSSR count). The van der Waals surface area contributed by atoms with Crippen molar-refractivity contribution in [2.75, 3.05) is 35.4 Å². The minimum atomic E-state index is -0.289. The molecule has 1 N–H and O–H groups in total. The Morgan fingerprint density at radius 1 is 1.24 bits per heavy atom. The van der Waals surface area contributed by atoms with E-state index in [1.54, 1.807) is 28.3 Å². The van der Waals surface area contributed by atoms with Crippen LogP contribution in [0, 0.1) is 0 Å². The maximum atomic E-state index is 12.0. The van der Waals surface area contributed by atoms with Gasteiger partial charge in [0.25, 0.3) is 5.91 Å². The first kappa shape index (κ1) is 17.3. The van der Waals surface area contributed by atoms with Crippen molar-refractivity contribution in [2.24, 2.45) is 0 Å². The summed E-state index contributed by atoms with van der Waals surface area (Å²) in [6.07, 6.45) is 1.41. The van der Waals surface area contributed by atoms with Gasteiger partial charge in [-0.3, -0.25) is 9.63 Å². The molecule has 21 heavy (non-hydrogen) atoms. The van der Waals surface area contributed by atoms with Gasteiger partial charge in [0.15, 0.2) is 11.5 Å². The molecule has 6 nitrogen and oxygen atoms in total. The lowest BCUT2D eigenvalue weighted by Crippen LogP contribution is -2.43. The van der Waals surface area contributed by atoms with Crippen LogP contribution in [0.3, 0.4) is 0 Å². The van der Waals surface area contributed by atoms with E-state index in [1.165, 1.54) is 12.2 Å². The van der Waals surface area contributed by atoms with Gasteiger partial charge >= 0.3 is 0 Å². The smallest absolute Gasteiger partial charge is 0.262 e.